The van der Waals surface area contributed by atoms with Gasteiger partial charge in [0, 0.05) is 19.7 Å². The summed E-state index contributed by atoms with van der Waals surface area (Å²) in [6.45, 7) is 5.93. The van der Waals surface area contributed by atoms with E-state index in [1.165, 1.54) is 18.3 Å². The maximum Gasteiger partial charge on any atom is 0.225 e. The lowest BCUT2D eigenvalue weighted by atomic mass is 10.3. The molecular weight excluding hydrogens is 262 g/mol. The molecule has 0 aliphatic carbocycles. The summed E-state index contributed by atoms with van der Waals surface area (Å²) in [6, 6.07) is 1.78. The van der Waals surface area contributed by atoms with Crippen LogP contribution in [0.5, 0.6) is 0 Å². The highest BCUT2D eigenvalue weighted by atomic mass is 32.1. The smallest absolute Gasteiger partial charge is 0.225 e. The van der Waals surface area contributed by atoms with Crippen molar-refractivity contribution < 1.29 is 4.79 Å². The van der Waals surface area contributed by atoms with Crippen LogP contribution < -0.4 is 10.6 Å². The average molecular weight is 277 g/mol. The van der Waals surface area contributed by atoms with Crippen LogP contribution in [0.25, 0.3) is 10.6 Å². The fourth-order valence-corrected chi connectivity index (χ4v) is 2.87. The van der Waals surface area contributed by atoms with Crippen LogP contribution in [-0.2, 0) is 4.79 Å². The molecule has 0 aliphatic rings. The van der Waals surface area contributed by atoms with Crippen molar-refractivity contribution in [2.24, 2.45) is 0 Å². The van der Waals surface area contributed by atoms with Gasteiger partial charge in [-0.05, 0) is 19.9 Å². The van der Waals surface area contributed by atoms with Crippen molar-refractivity contribution in [3.05, 3.63) is 18.0 Å². The molecule has 0 spiro atoms. The number of aromatic nitrogens is 3. The van der Waals surface area contributed by atoms with Gasteiger partial charge in [-0.15, -0.1) is 0 Å². The molecule has 0 aliphatic heterocycles. The predicted molar refractivity (Wildman–Crippen MR) is 76.0 cm³/mol. The number of carbonyl (C=O) groups excluding carboxylic acids is 1. The molecule has 2 heterocycles. The normalized spacial score (nSPS) is 10.5. The number of aryl methyl sites for hydroxylation is 1. The van der Waals surface area contributed by atoms with Crippen molar-refractivity contribution >= 4 is 28.3 Å². The Kier molecular flexibility index (Phi) is 3.75. The summed E-state index contributed by atoms with van der Waals surface area (Å²) in [5.41, 5.74) is 7.15. The summed E-state index contributed by atoms with van der Waals surface area (Å²) in [6.07, 6.45) is 1.61. The fourth-order valence-electron chi connectivity index (χ4n) is 1.73. The van der Waals surface area contributed by atoms with Gasteiger partial charge in [0.1, 0.15) is 0 Å². The molecule has 2 N–H and O–H groups in total. The number of rotatable bonds is 3. The summed E-state index contributed by atoms with van der Waals surface area (Å²) in [4.78, 5) is 26.6. The van der Waals surface area contributed by atoms with Crippen molar-refractivity contribution in [3.8, 4) is 10.6 Å². The van der Waals surface area contributed by atoms with Crippen molar-refractivity contribution in [2.45, 2.75) is 20.8 Å². The molecule has 0 fully saturated rings. The number of thiazole rings is 1. The van der Waals surface area contributed by atoms with Crippen LogP contribution in [0.2, 0.25) is 0 Å². The predicted octanol–water partition coefficient (Wildman–Crippen LogP) is 1.86. The SMILES string of the molecule is CCN(C(C)=O)c1nc(C)c(-c2ccnc(N)n2)s1. The van der Waals surface area contributed by atoms with Crippen molar-refractivity contribution in [2.75, 3.05) is 17.2 Å². The van der Waals surface area contributed by atoms with Crippen LogP contribution in [-0.4, -0.2) is 27.4 Å². The van der Waals surface area contributed by atoms with E-state index in [0.717, 1.165) is 16.3 Å². The quantitative estimate of drug-likeness (QED) is 0.925. The number of nitrogens with two attached hydrogens (primary N) is 1. The third-order valence-corrected chi connectivity index (χ3v) is 3.82. The van der Waals surface area contributed by atoms with Crippen LogP contribution in [0.3, 0.4) is 0 Å². The van der Waals surface area contributed by atoms with Crippen LogP contribution in [0, 0.1) is 6.92 Å². The molecule has 0 saturated heterocycles. The lowest BCUT2D eigenvalue weighted by Gasteiger charge is -2.14. The largest absolute Gasteiger partial charge is 0.368 e. The van der Waals surface area contributed by atoms with Gasteiger partial charge in [-0.3, -0.25) is 9.69 Å². The molecule has 100 valence electrons. The van der Waals surface area contributed by atoms with Gasteiger partial charge in [0.15, 0.2) is 5.13 Å². The minimum atomic E-state index is -0.0231. The number of nitrogens with zero attached hydrogens (tertiary/aromatic N) is 4. The molecule has 6 nitrogen and oxygen atoms in total. The Hall–Kier alpha value is -2.02. The van der Waals surface area contributed by atoms with Gasteiger partial charge in [0.05, 0.1) is 16.3 Å². The Morgan fingerprint density at radius 3 is 2.79 bits per heavy atom. The molecule has 2 aromatic heterocycles. The molecule has 0 unspecified atom stereocenters. The maximum atomic E-state index is 11.5. The Morgan fingerprint density at radius 1 is 1.47 bits per heavy atom. The monoisotopic (exact) mass is 277 g/mol. The first-order chi connectivity index (χ1) is 9.02. The van der Waals surface area contributed by atoms with Crippen LogP contribution in [0.4, 0.5) is 11.1 Å². The zero-order valence-corrected chi connectivity index (χ0v) is 11.9. The fraction of sp³-hybridized carbons (Fsp3) is 0.333. The highest BCUT2D eigenvalue weighted by Crippen LogP contribution is 2.33. The van der Waals surface area contributed by atoms with E-state index in [1.807, 2.05) is 13.8 Å². The standard InChI is InChI=1S/C12H15N5OS/c1-4-17(8(3)18)12-15-7(2)10(19-12)9-5-6-14-11(13)16-9/h5-6H,4H2,1-3H3,(H2,13,14,16). The van der Waals surface area contributed by atoms with E-state index in [-0.39, 0.29) is 11.9 Å². The van der Waals surface area contributed by atoms with E-state index in [4.69, 9.17) is 5.73 Å². The van der Waals surface area contributed by atoms with Gasteiger partial charge < -0.3 is 5.73 Å². The molecule has 19 heavy (non-hydrogen) atoms. The molecule has 2 aromatic rings. The van der Waals surface area contributed by atoms with Gasteiger partial charge in [-0.2, -0.15) is 0 Å². The van der Waals surface area contributed by atoms with E-state index in [1.54, 1.807) is 17.2 Å². The maximum absolute atomic E-state index is 11.5. The summed E-state index contributed by atoms with van der Waals surface area (Å²) >= 11 is 1.43. The van der Waals surface area contributed by atoms with Gasteiger partial charge in [-0.1, -0.05) is 11.3 Å². The van der Waals surface area contributed by atoms with Gasteiger partial charge in [0.25, 0.3) is 0 Å². The third kappa shape index (κ3) is 2.70. The molecule has 0 bridgehead atoms. The highest BCUT2D eigenvalue weighted by molar-refractivity contribution is 7.19. The van der Waals surface area contributed by atoms with E-state index >= 15 is 0 Å². The van der Waals surface area contributed by atoms with Gasteiger partial charge in [0.2, 0.25) is 11.9 Å². The summed E-state index contributed by atoms with van der Waals surface area (Å²) < 4.78 is 0. The number of hydrogen-bond donors (Lipinski definition) is 1. The molecular formula is C12H15N5OS. The molecule has 7 heteroatoms. The topological polar surface area (TPSA) is 85.0 Å². The second-order valence-corrected chi connectivity index (χ2v) is 4.95. The Morgan fingerprint density at radius 2 is 2.21 bits per heavy atom. The number of hydrogen-bond acceptors (Lipinski definition) is 6. The molecule has 1 amide bonds. The van der Waals surface area contributed by atoms with Crippen molar-refractivity contribution in [1.29, 1.82) is 0 Å². The van der Waals surface area contributed by atoms with Crippen molar-refractivity contribution in [3.63, 3.8) is 0 Å². The number of carbonyl (C=O) groups is 1. The molecule has 0 saturated carbocycles. The summed E-state index contributed by atoms with van der Waals surface area (Å²) in [5.74, 6) is 0.204. The zero-order valence-electron chi connectivity index (χ0n) is 11.0. The lowest BCUT2D eigenvalue weighted by Crippen LogP contribution is -2.27. The average Bonchev–Trinajstić information content (AvgIpc) is 2.71. The number of nitrogen functional groups attached to an aromatic ring is 1. The van der Waals surface area contributed by atoms with E-state index in [9.17, 15) is 4.79 Å². The third-order valence-electron chi connectivity index (χ3n) is 2.62. The zero-order chi connectivity index (χ0) is 14.0. The Bertz CT molecular complexity index is 610. The van der Waals surface area contributed by atoms with Crippen LogP contribution in [0.15, 0.2) is 12.3 Å². The first-order valence-electron chi connectivity index (χ1n) is 5.87. The number of amides is 1. The first kappa shape index (κ1) is 13.4. The Labute approximate surface area is 115 Å². The highest BCUT2D eigenvalue weighted by Gasteiger charge is 2.17. The van der Waals surface area contributed by atoms with E-state index in [2.05, 4.69) is 15.0 Å². The molecule has 0 atom stereocenters. The minimum absolute atomic E-state index is 0.0231. The Balaban J connectivity index is 2.44. The van der Waals surface area contributed by atoms with E-state index in [0.29, 0.717) is 11.7 Å². The minimum Gasteiger partial charge on any atom is -0.368 e. The van der Waals surface area contributed by atoms with Crippen LogP contribution >= 0.6 is 11.3 Å². The second kappa shape index (κ2) is 5.31. The first-order valence-corrected chi connectivity index (χ1v) is 6.69. The van der Waals surface area contributed by atoms with Crippen molar-refractivity contribution in [1.82, 2.24) is 15.0 Å². The van der Waals surface area contributed by atoms with E-state index < -0.39 is 0 Å². The van der Waals surface area contributed by atoms with Gasteiger partial charge >= 0.3 is 0 Å². The molecule has 0 radical (unpaired) electrons. The molecule has 2 rings (SSSR count). The molecule has 0 aromatic carbocycles. The lowest BCUT2D eigenvalue weighted by molar-refractivity contribution is -0.116. The summed E-state index contributed by atoms with van der Waals surface area (Å²) in [7, 11) is 0. The van der Waals surface area contributed by atoms with Gasteiger partial charge in [-0.25, -0.2) is 15.0 Å². The van der Waals surface area contributed by atoms with Crippen LogP contribution in [0.1, 0.15) is 19.5 Å². The second-order valence-electron chi connectivity index (χ2n) is 3.97. The number of anilines is 2. The summed E-state index contributed by atoms with van der Waals surface area (Å²) in [5, 5.41) is 0.680.